The highest BCUT2D eigenvalue weighted by Gasteiger charge is 2.16. The van der Waals surface area contributed by atoms with Crippen LogP contribution in [0.1, 0.15) is 5.56 Å². The molecule has 0 saturated carbocycles. The van der Waals surface area contributed by atoms with Crippen LogP contribution in [0.3, 0.4) is 0 Å². The predicted molar refractivity (Wildman–Crippen MR) is 83.9 cm³/mol. The smallest absolute Gasteiger partial charge is 0.156 e. The molecule has 0 aliphatic heterocycles. The van der Waals surface area contributed by atoms with E-state index in [4.69, 9.17) is 14.2 Å². The van der Waals surface area contributed by atoms with Gasteiger partial charge in [-0.15, -0.1) is 0 Å². The Bertz CT molecular complexity index is 889. The average molecular weight is 307 g/mol. The lowest BCUT2D eigenvalue weighted by Gasteiger charge is -2.13. The van der Waals surface area contributed by atoms with E-state index in [9.17, 15) is 5.26 Å². The Hall–Kier alpha value is -3.33. The van der Waals surface area contributed by atoms with Gasteiger partial charge in [0.1, 0.15) is 34.4 Å². The summed E-state index contributed by atoms with van der Waals surface area (Å²) in [6.07, 6.45) is 4.68. The van der Waals surface area contributed by atoms with E-state index in [0.29, 0.717) is 39.5 Å². The normalized spacial score (nSPS) is 10.1. The molecule has 0 bridgehead atoms. The average Bonchev–Trinajstić information content (AvgIpc) is 2.61. The second-order valence-electron chi connectivity index (χ2n) is 4.63. The molecule has 6 nitrogen and oxygen atoms in total. The highest BCUT2D eigenvalue weighted by molar-refractivity contribution is 5.93. The van der Waals surface area contributed by atoms with Crippen LogP contribution in [0, 0.1) is 11.3 Å². The summed E-state index contributed by atoms with van der Waals surface area (Å²) in [6, 6.07) is 9.10. The topological polar surface area (TPSA) is 77.3 Å². The zero-order chi connectivity index (χ0) is 16.2. The lowest BCUT2D eigenvalue weighted by atomic mass is 10.1. The Kier molecular flexibility index (Phi) is 3.93. The maximum Gasteiger partial charge on any atom is 0.156 e. The third-order valence-corrected chi connectivity index (χ3v) is 3.29. The first-order valence-electron chi connectivity index (χ1n) is 6.79. The van der Waals surface area contributed by atoms with Crippen molar-refractivity contribution in [1.29, 1.82) is 5.26 Å². The van der Waals surface area contributed by atoms with E-state index < -0.39 is 0 Å². The van der Waals surface area contributed by atoms with Gasteiger partial charge in [-0.25, -0.2) is 0 Å². The zero-order valence-corrected chi connectivity index (χ0v) is 12.6. The van der Waals surface area contributed by atoms with Gasteiger partial charge in [0.2, 0.25) is 0 Å². The predicted octanol–water partition coefficient (Wildman–Crippen LogP) is 3.31. The van der Waals surface area contributed by atoms with Crippen molar-refractivity contribution in [2.24, 2.45) is 0 Å². The van der Waals surface area contributed by atoms with Crippen molar-refractivity contribution in [3.63, 3.8) is 0 Å². The minimum Gasteiger partial charge on any atom is -0.497 e. The van der Waals surface area contributed by atoms with Gasteiger partial charge in [0.25, 0.3) is 0 Å². The first-order valence-corrected chi connectivity index (χ1v) is 6.79. The minimum atomic E-state index is 0.316. The zero-order valence-electron chi connectivity index (χ0n) is 12.6. The van der Waals surface area contributed by atoms with Crippen LogP contribution in [0.5, 0.6) is 23.0 Å². The summed E-state index contributed by atoms with van der Waals surface area (Å²) in [6.45, 7) is 0. The number of pyridine rings is 2. The van der Waals surface area contributed by atoms with E-state index >= 15 is 0 Å². The number of benzene rings is 1. The monoisotopic (exact) mass is 307 g/mol. The largest absolute Gasteiger partial charge is 0.497 e. The van der Waals surface area contributed by atoms with Gasteiger partial charge in [0.15, 0.2) is 5.75 Å². The number of fused-ring (bicyclic) bond motifs is 1. The summed E-state index contributed by atoms with van der Waals surface area (Å²) in [5.74, 6) is 2.04. The van der Waals surface area contributed by atoms with Gasteiger partial charge in [-0.05, 0) is 18.2 Å². The molecule has 23 heavy (non-hydrogen) atoms. The number of aromatic nitrogens is 2. The third kappa shape index (κ3) is 2.72. The van der Waals surface area contributed by atoms with Crippen LogP contribution in [-0.4, -0.2) is 24.2 Å². The SMILES string of the molecule is COc1cc(OC)c2ncc(C#N)c(Oc3cccnc3)c2c1. The summed E-state index contributed by atoms with van der Waals surface area (Å²) >= 11 is 0. The summed E-state index contributed by atoms with van der Waals surface area (Å²) in [7, 11) is 3.11. The Morgan fingerprint density at radius 1 is 1.09 bits per heavy atom. The summed E-state index contributed by atoms with van der Waals surface area (Å²) in [5.41, 5.74) is 0.905. The minimum absolute atomic E-state index is 0.316. The second-order valence-corrected chi connectivity index (χ2v) is 4.63. The van der Waals surface area contributed by atoms with Crippen molar-refractivity contribution >= 4 is 10.9 Å². The first kappa shape index (κ1) is 14.6. The third-order valence-electron chi connectivity index (χ3n) is 3.29. The molecule has 114 valence electrons. The molecular weight excluding hydrogens is 294 g/mol. The number of rotatable bonds is 4. The van der Waals surface area contributed by atoms with Gasteiger partial charge in [0, 0.05) is 18.5 Å². The molecule has 3 rings (SSSR count). The molecule has 0 amide bonds. The Labute approximate surface area is 132 Å². The molecule has 0 aliphatic carbocycles. The second kappa shape index (κ2) is 6.20. The number of hydrogen-bond acceptors (Lipinski definition) is 6. The Morgan fingerprint density at radius 3 is 2.61 bits per heavy atom. The lowest BCUT2D eigenvalue weighted by Crippen LogP contribution is -1.96. The van der Waals surface area contributed by atoms with E-state index in [1.807, 2.05) is 0 Å². The van der Waals surface area contributed by atoms with E-state index in [0.717, 1.165) is 0 Å². The van der Waals surface area contributed by atoms with Crippen LogP contribution in [0.2, 0.25) is 0 Å². The van der Waals surface area contributed by atoms with Crippen LogP contribution >= 0.6 is 0 Å². The fourth-order valence-corrected chi connectivity index (χ4v) is 2.21. The van der Waals surface area contributed by atoms with Gasteiger partial charge >= 0.3 is 0 Å². The molecule has 0 radical (unpaired) electrons. The summed E-state index contributed by atoms with van der Waals surface area (Å²) < 4.78 is 16.5. The fraction of sp³-hybridized carbons (Fsp3) is 0.118. The van der Waals surface area contributed by atoms with Gasteiger partial charge in [-0.2, -0.15) is 5.26 Å². The summed E-state index contributed by atoms with van der Waals surface area (Å²) in [4.78, 5) is 8.31. The highest BCUT2D eigenvalue weighted by atomic mass is 16.5. The molecule has 0 atom stereocenters. The molecule has 0 spiro atoms. The van der Waals surface area contributed by atoms with E-state index in [1.54, 1.807) is 50.9 Å². The highest BCUT2D eigenvalue weighted by Crippen LogP contribution is 2.38. The van der Waals surface area contributed by atoms with Crippen molar-refractivity contribution in [1.82, 2.24) is 9.97 Å². The van der Waals surface area contributed by atoms with E-state index in [-0.39, 0.29) is 0 Å². The van der Waals surface area contributed by atoms with Gasteiger partial charge in [-0.3, -0.25) is 9.97 Å². The van der Waals surface area contributed by atoms with Crippen molar-refractivity contribution in [2.75, 3.05) is 14.2 Å². The first-order chi connectivity index (χ1) is 11.3. The molecule has 0 fully saturated rings. The van der Waals surface area contributed by atoms with Gasteiger partial charge in [0.05, 0.1) is 25.8 Å². The number of methoxy groups -OCH3 is 2. The van der Waals surface area contributed by atoms with Crippen LogP contribution in [0.25, 0.3) is 10.9 Å². The van der Waals surface area contributed by atoms with Gasteiger partial charge in [-0.1, -0.05) is 0 Å². The standard InChI is InChI=1S/C17H13N3O3/c1-21-13-6-14-16(15(7-13)22-2)20-9-11(8-18)17(14)23-12-4-3-5-19-10-12/h3-7,9-10H,1-2H3. The lowest BCUT2D eigenvalue weighted by molar-refractivity contribution is 0.397. The van der Waals surface area contributed by atoms with Crippen molar-refractivity contribution < 1.29 is 14.2 Å². The molecule has 2 heterocycles. The molecule has 0 unspecified atom stereocenters. The number of nitriles is 1. The Morgan fingerprint density at radius 2 is 1.96 bits per heavy atom. The van der Waals surface area contributed by atoms with Gasteiger partial charge < -0.3 is 14.2 Å². The van der Waals surface area contributed by atoms with Crippen molar-refractivity contribution in [3.05, 3.63) is 48.4 Å². The number of hydrogen-bond donors (Lipinski definition) is 0. The molecule has 3 aromatic rings. The van der Waals surface area contributed by atoms with Crippen LogP contribution < -0.4 is 14.2 Å². The molecule has 0 saturated heterocycles. The fourth-order valence-electron chi connectivity index (χ4n) is 2.21. The van der Waals surface area contributed by atoms with Crippen molar-refractivity contribution in [2.45, 2.75) is 0 Å². The molecule has 6 heteroatoms. The van der Waals surface area contributed by atoms with Crippen LogP contribution in [-0.2, 0) is 0 Å². The van der Waals surface area contributed by atoms with E-state index in [1.165, 1.54) is 6.20 Å². The van der Waals surface area contributed by atoms with Crippen LogP contribution in [0.4, 0.5) is 0 Å². The van der Waals surface area contributed by atoms with Crippen LogP contribution in [0.15, 0.2) is 42.9 Å². The molecule has 0 N–H and O–H groups in total. The molecule has 1 aromatic carbocycles. The molecule has 0 aliphatic rings. The maximum atomic E-state index is 9.36. The quantitative estimate of drug-likeness (QED) is 0.736. The molecule has 2 aromatic heterocycles. The number of ether oxygens (including phenoxy) is 3. The summed E-state index contributed by atoms with van der Waals surface area (Å²) in [5, 5.41) is 9.99. The number of nitrogens with zero attached hydrogens (tertiary/aromatic N) is 3. The van der Waals surface area contributed by atoms with Crippen molar-refractivity contribution in [3.8, 4) is 29.1 Å². The maximum absolute atomic E-state index is 9.36. The molecular formula is C17H13N3O3. The van der Waals surface area contributed by atoms with E-state index in [2.05, 4.69) is 16.0 Å². The Balaban J connectivity index is 2.26.